The van der Waals surface area contributed by atoms with Gasteiger partial charge in [-0.15, -0.1) is 0 Å². The van der Waals surface area contributed by atoms with Crippen molar-refractivity contribution in [2.24, 2.45) is 11.8 Å². The number of pyridine rings is 1. The lowest BCUT2D eigenvalue weighted by atomic mass is 9.93. The van der Waals surface area contributed by atoms with Crippen molar-refractivity contribution in [3.63, 3.8) is 0 Å². The SMILES string of the molecule is c1cc(CN2CCO[C@H]3CN(CC4CC4)CC[C@H]3C2)ccn1. The summed E-state index contributed by atoms with van der Waals surface area (Å²) in [6.45, 7) is 7.88. The van der Waals surface area contributed by atoms with Crippen molar-refractivity contribution in [3.05, 3.63) is 30.1 Å². The van der Waals surface area contributed by atoms with Gasteiger partial charge in [0, 0.05) is 51.0 Å². The molecule has 1 aromatic heterocycles. The van der Waals surface area contributed by atoms with Crippen LogP contribution in [0.1, 0.15) is 24.8 Å². The number of hydrogen-bond acceptors (Lipinski definition) is 4. The topological polar surface area (TPSA) is 28.6 Å². The number of hydrogen-bond donors (Lipinski definition) is 0. The van der Waals surface area contributed by atoms with Gasteiger partial charge >= 0.3 is 0 Å². The number of fused-ring (bicyclic) bond motifs is 1. The summed E-state index contributed by atoms with van der Waals surface area (Å²) in [7, 11) is 0. The maximum absolute atomic E-state index is 6.21. The molecule has 3 heterocycles. The van der Waals surface area contributed by atoms with Crippen molar-refractivity contribution < 1.29 is 4.74 Å². The first-order valence-corrected chi connectivity index (χ1v) is 8.82. The van der Waals surface area contributed by atoms with Gasteiger partial charge in [0.2, 0.25) is 0 Å². The highest BCUT2D eigenvalue weighted by Crippen LogP contribution is 2.32. The van der Waals surface area contributed by atoms with Gasteiger partial charge in [-0.05, 0) is 49.4 Å². The van der Waals surface area contributed by atoms with E-state index >= 15 is 0 Å². The van der Waals surface area contributed by atoms with E-state index < -0.39 is 0 Å². The lowest BCUT2D eigenvalue weighted by Gasteiger charge is -2.38. The molecule has 120 valence electrons. The molecule has 2 atom stereocenters. The van der Waals surface area contributed by atoms with Crippen LogP contribution in [-0.4, -0.2) is 60.2 Å². The van der Waals surface area contributed by atoms with Crippen molar-refractivity contribution in [1.82, 2.24) is 14.8 Å². The molecule has 0 N–H and O–H groups in total. The molecule has 2 saturated heterocycles. The number of nitrogens with zero attached hydrogens (tertiary/aromatic N) is 3. The standard InChI is InChI=1S/C18H27N3O/c1-2-15(1)11-20-8-5-17-13-21(9-10-22-18(17)14-20)12-16-3-6-19-7-4-16/h3-4,6-7,15,17-18H,1-2,5,8-14H2/t17-,18-/m0/s1. The summed E-state index contributed by atoms with van der Waals surface area (Å²) in [6.07, 6.45) is 8.43. The number of likely N-dealkylation sites (tertiary alicyclic amines) is 1. The second-order valence-electron chi connectivity index (χ2n) is 7.25. The maximum atomic E-state index is 6.21. The average Bonchev–Trinajstić information content (AvgIpc) is 3.35. The summed E-state index contributed by atoms with van der Waals surface area (Å²) in [5, 5.41) is 0. The van der Waals surface area contributed by atoms with Crippen molar-refractivity contribution in [2.75, 3.05) is 39.3 Å². The van der Waals surface area contributed by atoms with Gasteiger partial charge in [0.15, 0.2) is 0 Å². The van der Waals surface area contributed by atoms with Gasteiger partial charge in [-0.25, -0.2) is 0 Å². The van der Waals surface area contributed by atoms with Crippen LogP contribution >= 0.6 is 0 Å². The Balaban J connectivity index is 1.33. The molecule has 0 bridgehead atoms. The molecular weight excluding hydrogens is 274 g/mol. The van der Waals surface area contributed by atoms with Crippen LogP contribution in [0, 0.1) is 11.8 Å². The van der Waals surface area contributed by atoms with Gasteiger partial charge < -0.3 is 9.64 Å². The van der Waals surface area contributed by atoms with Crippen molar-refractivity contribution in [2.45, 2.75) is 31.9 Å². The van der Waals surface area contributed by atoms with E-state index in [9.17, 15) is 0 Å². The zero-order valence-corrected chi connectivity index (χ0v) is 13.4. The third-order valence-corrected chi connectivity index (χ3v) is 5.38. The molecule has 0 spiro atoms. The van der Waals surface area contributed by atoms with Crippen LogP contribution in [0.5, 0.6) is 0 Å². The Hall–Kier alpha value is -0.970. The quantitative estimate of drug-likeness (QED) is 0.851. The van der Waals surface area contributed by atoms with Crippen molar-refractivity contribution in [3.8, 4) is 0 Å². The fraction of sp³-hybridized carbons (Fsp3) is 0.722. The predicted octanol–water partition coefficient (Wildman–Crippen LogP) is 2.01. The number of aromatic nitrogens is 1. The highest BCUT2D eigenvalue weighted by molar-refractivity contribution is 5.09. The van der Waals surface area contributed by atoms with Gasteiger partial charge in [0.25, 0.3) is 0 Å². The minimum Gasteiger partial charge on any atom is -0.375 e. The Labute approximate surface area is 133 Å². The molecule has 4 nitrogen and oxygen atoms in total. The largest absolute Gasteiger partial charge is 0.375 e. The van der Waals surface area contributed by atoms with Crippen LogP contribution in [0.15, 0.2) is 24.5 Å². The molecule has 0 unspecified atom stereocenters. The highest BCUT2D eigenvalue weighted by atomic mass is 16.5. The van der Waals surface area contributed by atoms with Crippen molar-refractivity contribution in [1.29, 1.82) is 0 Å². The number of piperidine rings is 1. The second kappa shape index (κ2) is 6.65. The lowest BCUT2D eigenvalue weighted by Crippen LogP contribution is -2.47. The zero-order valence-electron chi connectivity index (χ0n) is 13.4. The number of rotatable bonds is 4. The fourth-order valence-corrected chi connectivity index (χ4v) is 3.90. The van der Waals surface area contributed by atoms with Crippen LogP contribution in [-0.2, 0) is 11.3 Å². The highest BCUT2D eigenvalue weighted by Gasteiger charge is 2.35. The van der Waals surface area contributed by atoms with E-state index in [-0.39, 0.29) is 0 Å². The molecule has 0 radical (unpaired) electrons. The lowest BCUT2D eigenvalue weighted by molar-refractivity contribution is -0.0229. The molecule has 1 aliphatic carbocycles. The molecule has 0 amide bonds. The molecule has 4 heteroatoms. The predicted molar refractivity (Wildman–Crippen MR) is 86.5 cm³/mol. The van der Waals surface area contributed by atoms with Gasteiger partial charge in [0.05, 0.1) is 12.7 Å². The molecule has 0 aromatic carbocycles. The van der Waals surface area contributed by atoms with E-state index in [1.54, 1.807) is 0 Å². The van der Waals surface area contributed by atoms with Gasteiger partial charge in [-0.3, -0.25) is 9.88 Å². The molecule has 3 fully saturated rings. The van der Waals surface area contributed by atoms with Crippen LogP contribution < -0.4 is 0 Å². The van der Waals surface area contributed by atoms with E-state index in [4.69, 9.17) is 4.74 Å². The fourth-order valence-electron chi connectivity index (χ4n) is 3.90. The normalized spacial score (nSPS) is 30.7. The first-order valence-electron chi connectivity index (χ1n) is 8.82. The van der Waals surface area contributed by atoms with E-state index in [2.05, 4.69) is 26.9 Å². The third-order valence-electron chi connectivity index (χ3n) is 5.38. The summed E-state index contributed by atoms with van der Waals surface area (Å²) in [4.78, 5) is 9.33. The first kappa shape index (κ1) is 14.6. The Morgan fingerprint density at radius 3 is 2.73 bits per heavy atom. The summed E-state index contributed by atoms with van der Waals surface area (Å²) in [5.41, 5.74) is 1.36. The van der Waals surface area contributed by atoms with E-state index in [0.29, 0.717) is 12.0 Å². The summed E-state index contributed by atoms with van der Waals surface area (Å²) >= 11 is 0. The molecule has 4 rings (SSSR count). The average molecular weight is 301 g/mol. The van der Waals surface area contributed by atoms with E-state index in [1.165, 1.54) is 44.5 Å². The minimum atomic E-state index is 0.454. The van der Waals surface area contributed by atoms with E-state index in [1.807, 2.05) is 12.4 Å². The third kappa shape index (κ3) is 3.67. The van der Waals surface area contributed by atoms with Crippen LogP contribution in [0.4, 0.5) is 0 Å². The molecule has 22 heavy (non-hydrogen) atoms. The van der Waals surface area contributed by atoms with Crippen molar-refractivity contribution >= 4 is 0 Å². The molecule has 1 saturated carbocycles. The summed E-state index contributed by atoms with van der Waals surface area (Å²) in [6, 6.07) is 4.25. The second-order valence-corrected chi connectivity index (χ2v) is 7.25. The molecule has 2 aliphatic heterocycles. The first-order chi connectivity index (χ1) is 10.9. The van der Waals surface area contributed by atoms with Gasteiger partial charge in [-0.1, -0.05) is 0 Å². The smallest absolute Gasteiger partial charge is 0.0743 e. The summed E-state index contributed by atoms with van der Waals surface area (Å²) in [5.74, 6) is 1.70. The molecular formula is C18H27N3O. The van der Waals surface area contributed by atoms with Crippen LogP contribution in [0.3, 0.4) is 0 Å². The Bertz CT molecular complexity index is 476. The van der Waals surface area contributed by atoms with Gasteiger partial charge in [0.1, 0.15) is 0 Å². The number of ether oxygens (including phenoxy) is 1. The van der Waals surface area contributed by atoms with Crippen LogP contribution in [0.2, 0.25) is 0 Å². The monoisotopic (exact) mass is 301 g/mol. The Kier molecular flexibility index (Phi) is 4.42. The Morgan fingerprint density at radius 1 is 1.05 bits per heavy atom. The molecule has 3 aliphatic rings. The Morgan fingerprint density at radius 2 is 1.91 bits per heavy atom. The van der Waals surface area contributed by atoms with E-state index in [0.717, 1.165) is 32.2 Å². The van der Waals surface area contributed by atoms with Crippen LogP contribution in [0.25, 0.3) is 0 Å². The summed E-state index contributed by atoms with van der Waals surface area (Å²) < 4.78 is 6.21. The van der Waals surface area contributed by atoms with Gasteiger partial charge in [-0.2, -0.15) is 0 Å². The maximum Gasteiger partial charge on any atom is 0.0743 e. The molecule has 1 aromatic rings. The zero-order chi connectivity index (χ0) is 14.8. The minimum absolute atomic E-state index is 0.454.